The van der Waals surface area contributed by atoms with Crippen molar-refractivity contribution >= 4 is 5.91 Å². The molecule has 0 bridgehead atoms. The zero-order valence-electron chi connectivity index (χ0n) is 11.0. The van der Waals surface area contributed by atoms with Crippen LogP contribution >= 0.6 is 0 Å². The fourth-order valence-corrected chi connectivity index (χ4v) is 3.45. The van der Waals surface area contributed by atoms with Gasteiger partial charge in [0.05, 0.1) is 6.04 Å². The third-order valence-electron chi connectivity index (χ3n) is 4.35. The van der Waals surface area contributed by atoms with Gasteiger partial charge >= 0.3 is 0 Å². The third-order valence-corrected chi connectivity index (χ3v) is 4.35. The van der Waals surface area contributed by atoms with Crippen LogP contribution in [0.25, 0.3) is 0 Å². The maximum absolute atomic E-state index is 13.4. The summed E-state index contributed by atoms with van der Waals surface area (Å²) in [6.45, 7) is 0. The minimum atomic E-state index is -1.45. The van der Waals surface area contributed by atoms with Crippen LogP contribution in [-0.4, -0.2) is 16.8 Å². The highest BCUT2D eigenvalue weighted by atomic mass is 19.2. The highest BCUT2D eigenvalue weighted by molar-refractivity contribution is 5.78. The van der Waals surface area contributed by atoms with E-state index in [1.54, 1.807) is 4.90 Å². The normalized spacial score (nSPS) is 26.6. The average Bonchev–Trinajstić information content (AvgIpc) is 2.44. The molecule has 1 aromatic rings. The standard InChI is InChI=1S/C15H16F3NO/c16-11-7-9(8-12(17)15(11)18)13-5-1-3-10-4-2-6-14(20)19(10)13/h7-8,10,13H,1-6H2/t10-,13-/m0/s1. The van der Waals surface area contributed by atoms with Gasteiger partial charge in [-0.3, -0.25) is 4.79 Å². The van der Waals surface area contributed by atoms with E-state index in [2.05, 4.69) is 0 Å². The van der Waals surface area contributed by atoms with E-state index in [-0.39, 0.29) is 18.0 Å². The fraction of sp³-hybridized carbons (Fsp3) is 0.533. The van der Waals surface area contributed by atoms with Crippen molar-refractivity contribution < 1.29 is 18.0 Å². The van der Waals surface area contributed by atoms with Gasteiger partial charge in [-0.1, -0.05) is 0 Å². The average molecular weight is 283 g/mol. The van der Waals surface area contributed by atoms with E-state index in [1.807, 2.05) is 0 Å². The zero-order chi connectivity index (χ0) is 14.3. The SMILES string of the molecule is O=C1CCC[C@@H]2CCC[C@@H](c3cc(F)c(F)c(F)c3)N12. The molecular weight excluding hydrogens is 267 g/mol. The molecule has 2 heterocycles. The van der Waals surface area contributed by atoms with E-state index in [9.17, 15) is 18.0 Å². The number of fused-ring (bicyclic) bond motifs is 1. The Kier molecular flexibility index (Phi) is 3.44. The molecule has 2 saturated heterocycles. The lowest BCUT2D eigenvalue weighted by molar-refractivity contribution is -0.142. The molecule has 1 amide bonds. The van der Waals surface area contributed by atoms with Gasteiger partial charge in [-0.15, -0.1) is 0 Å². The van der Waals surface area contributed by atoms with Crippen molar-refractivity contribution in [1.29, 1.82) is 0 Å². The minimum Gasteiger partial charge on any atom is -0.333 e. The molecule has 2 nitrogen and oxygen atoms in total. The summed E-state index contributed by atoms with van der Waals surface area (Å²) < 4.78 is 39.9. The molecule has 2 aliphatic rings. The van der Waals surface area contributed by atoms with Crippen LogP contribution < -0.4 is 0 Å². The summed E-state index contributed by atoms with van der Waals surface area (Å²) in [4.78, 5) is 13.9. The lowest BCUT2D eigenvalue weighted by Gasteiger charge is -2.45. The predicted octanol–water partition coefficient (Wildman–Crippen LogP) is 3.71. The van der Waals surface area contributed by atoms with Gasteiger partial charge in [0, 0.05) is 12.5 Å². The summed E-state index contributed by atoms with van der Waals surface area (Å²) in [5, 5.41) is 0. The van der Waals surface area contributed by atoms with Gasteiger partial charge in [-0.2, -0.15) is 0 Å². The fourth-order valence-electron chi connectivity index (χ4n) is 3.45. The van der Waals surface area contributed by atoms with Crippen LogP contribution in [0.1, 0.15) is 50.1 Å². The Hall–Kier alpha value is -1.52. The van der Waals surface area contributed by atoms with E-state index < -0.39 is 17.5 Å². The van der Waals surface area contributed by atoms with Crippen LogP contribution in [0.3, 0.4) is 0 Å². The molecule has 2 atom stereocenters. The highest BCUT2D eigenvalue weighted by Crippen LogP contribution is 2.39. The van der Waals surface area contributed by atoms with Gasteiger partial charge in [-0.05, 0) is 49.8 Å². The molecule has 0 N–H and O–H groups in total. The van der Waals surface area contributed by atoms with Crippen molar-refractivity contribution in [2.75, 3.05) is 0 Å². The number of benzene rings is 1. The lowest BCUT2D eigenvalue weighted by atomic mass is 9.85. The molecule has 0 radical (unpaired) electrons. The Morgan fingerprint density at radius 3 is 2.35 bits per heavy atom. The van der Waals surface area contributed by atoms with Crippen LogP contribution in [0.5, 0.6) is 0 Å². The van der Waals surface area contributed by atoms with Crippen molar-refractivity contribution in [3.8, 4) is 0 Å². The molecule has 2 aliphatic heterocycles. The van der Waals surface area contributed by atoms with Crippen molar-refractivity contribution in [3.63, 3.8) is 0 Å². The largest absolute Gasteiger partial charge is 0.333 e. The van der Waals surface area contributed by atoms with E-state index in [1.165, 1.54) is 0 Å². The summed E-state index contributed by atoms with van der Waals surface area (Å²) in [5.74, 6) is -3.79. The number of hydrogen-bond acceptors (Lipinski definition) is 1. The molecule has 108 valence electrons. The minimum absolute atomic E-state index is 0.0380. The van der Waals surface area contributed by atoms with Gasteiger partial charge in [0.1, 0.15) is 0 Å². The summed E-state index contributed by atoms with van der Waals surface area (Å²) in [6.07, 6.45) is 4.83. The zero-order valence-corrected chi connectivity index (χ0v) is 11.0. The smallest absolute Gasteiger partial charge is 0.223 e. The first kappa shape index (κ1) is 13.5. The number of nitrogens with zero attached hydrogens (tertiary/aromatic N) is 1. The first-order valence-electron chi connectivity index (χ1n) is 7.03. The van der Waals surface area contributed by atoms with Crippen LogP contribution in [0, 0.1) is 17.5 Å². The van der Waals surface area contributed by atoms with E-state index in [4.69, 9.17) is 0 Å². The molecule has 2 fully saturated rings. The molecule has 5 heteroatoms. The highest BCUT2D eigenvalue weighted by Gasteiger charge is 2.37. The number of hydrogen-bond donors (Lipinski definition) is 0. The molecule has 0 aliphatic carbocycles. The summed E-state index contributed by atoms with van der Waals surface area (Å²) in [5.41, 5.74) is 0.362. The Bertz CT molecular complexity index is 521. The van der Waals surface area contributed by atoms with Gasteiger partial charge in [-0.25, -0.2) is 13.2 Å². The molecule has 0 aromatic heterocycles. The second kappa shape index (κ2) is 5.11. The van der Waals surface area contributed by atoms with Crippen molar-refractivity contribution in [1.82, 2.24) is 4.90 Å². The summed E-state index contributed by atoms with van der Waals surface area (Å²) >= 11 is 0. The van der Waals surface area contributed by atoms with E-state index in [0.29, 0.717) is 18.4 Å². The molecule has 20 heavy (non-hydrogen) atoms. The maximum Gasteiger partial charge on any atom is 0.223 e. The molecule has 0 saturated carbocycles. The molecule has 3 rings (SSSR count). The maximum atomic E-state index is 13.4. The van der Waals surface area contributed by atoms with Crippen molar-refractivity contribution in [2.24, 2.45) is 0 Å². The Balaban J connectivity index is 1.97. The Morgan fingerprint density at radius 1 is 1.00 bits per heavy atom. The number of piperidine rings is 2. The Labute approximate surface area is 115 Å². The van der Waals surface area contributed by atoms with E-state index in [0.717, 1.165) is 37.8 Å². The molecular formula is C15H16F3NO. The monoisotopic (exact) mass is 283 g/mol. The number of rotatable bonds is 1. The van der Waals surface area contributed by atoms with Gasteiger partial charge < -0.3 is 4.90 Å². The van der Waals surface area contributed by atoms with Crippen LogP contribution in [-0.2, 0) is 4.79 Å². The molecule has 0 unspecified atom stereocenters. The quantitative estimate of drug-likeness (QED) is 0.719. The van der Waals surface area contributed by atoms with Crippen LogP contribution in [0.2, 0.25) is 0 Å². The van der Waals surface area contributed by atoms with Crippen molar-refractivity contribution in [3.05, 3.63) is 35.1 Å². The number of carbonyl (C=O) groups is 1. The summed E-state index contributed by atoms with van der Waals surface area (Å²) in [6, 6.07) is 1.87. The number of amides is 1. The first-order chi connectivity index (χ1) is 9.58. The van der Waals surface area contributed by atoms with E-state index >= 15 is 0 Å². The first-order valence-corrected chi connectivity index (χ1v) is 7.03. The van der Waals surface area contributed by atoms with Crippen LogP contribution in [0.4, 0.5) is 13.2 Å². The molecule has 1 aromatic carbocycles. The van der Waals surface area contributed by atoms with Gasteiger partial charge in [0.25, 0.3) is 0 Å². The third kappa shape index (κ3) is 2.19. The van der Waals surface area contributed by atoms with Gasteiger partial charge in [0.15, 0.2) is 17.5 Å². The Morgan fingerprint density at radius 2 is 1.65 bits per heavy atom. The molecule has 0 spiro atoms. The van der Waals surface area contributed by atoms with Crippen molar-refractivity contribution in [2.45, 2.75) is 50.6 Å². The lowest BCUT2D eigenvalue weighted by Crippen LogP contribution is -2.48. The second-order valence-corrected chi connectivity index (χ2v) is 5.59. The number of carbonyl (C=O) groups excluding carboxylic acids is 1. The predicted molar refractivity (Wildman–Crippen MR) is 67.4 cm³/mol. The van der Waals surface area contributed by atoms with Crippen LogP contribution in [0.15, 0.2) is 12.1 Å². The summed E-state index contributed by atoms with van der Waals surface area (Å²) in [7, 11) is 0. The van der Waals surface area contributed by atoms with Gasteiger partial charge in [0.2, 0.25) is 5.91 Å². The topological polar surface area (TPSA) is 20.3 Å². The second-order valence-electron chi connectivity index (χ2n) is 5.59. The number of halogens is 3.